The fourth-order valence-corrected chi connectivity index (χ4v) is 3.39. The van der Waals surface area contributed by atoms with Crippen molar-refractivity contribution in [3.8, 4) is 11.4 Å². The highest BCUT2D eigenvalue weighted by Gasteiger charge is 2.34. The summed E-state index contributed by atoms with van der Waals surface area (Å²) in [6, 6.07) is 14.7. The number of halogens is 1. The minimum Gasteiger partial charge on any atom is -0.337 e. The lowest BCUT2D eigenvalue weighted by Crippen LogP contribution is -2.34. The highest BCUT2D eigenvalue weighted by atomic mass is 35.5. The summed E-state index contributed by atoms with van der Waals surface area (Å²) in [6.45, 7) is 2.56. The summed E-state index contributed by atoms with van der Waals surface area (Å²) in [5.41, 5.74) is 2.51. The molecular formula is C20H19ClN4O2. The Balaban J connectivity index is 1.51. The van der Waals surface area contributed by atoms with E-state index in [0.29, 0.717) is 29.0 Å². The second-order valence-electron chi connectivity index (χ2n) is 6.57. The largest absolute Gasteiger partial charge is 0.337 e. The molecule has 1 unspecified atom stereocenters. The van der Waals surface area contributed by atoms with Gasteiger partial charge in [-0.1, -0.05) is 53.2 Å². The van der Waals surface area contributed by atoms with Crippen LogP contribution >= 0.6 is 11.6 Å². The lowest BCUT2D eigenvalue weighted by Gasteiger charge is -2.22. The predicted octanol–water partition coefficient (Wildman–Crippen LogP) is 5.07. The van der Waals surface area contributed by atoms with Gasteiger partial charge in [0, 0.05) is 22.8 Å². The van der Waals surface area contributed by atoms with E-state index in [1.807, 2.05) is 49.4 Å². The van der Waals surface area contributed by atoms with E-state index in [0.717, 1.165) is 24.0 Å². The van der Waals surface area contributed by atoms with E-state index < -0.39 is 0 Å². The smallest absolute Gasteiger partial charge is 0.322 e. The van der Waals surface area contributed by atoms with Gasteiger partial charge in [-0.3, -0.25) is 0 Å². The van der Waals surface area contributed by atoms with Gasteiger partial charge in [0.1, 0.15) is 6.04 Å². The first-order valence-electron chi connectivity index (χ1n) is 8.84. The molecule has 2 heterocycles. The van der Waals surface area contributed by atoms with Crippen molar-refractivity contribution < 1.29 is 9.32 Å². The Labute approximate surface area is 162 Å². The van der Waals surface area contributed by atoms with E-state index in [1.165, 1.54) is 0 Å². The number of rotatable bonds is 3. The number of carbonyl (C=O) groups excluding carboxylic acids is 1. The molecule has 1 saturated heterocycles. The highest BCUT2D eigenvalue weighted by molar-refractivity contribution is 6.31. The van der Waals surface area contributed by atoms with Crippen LogP contribution in [0, 0.1) is 6.92 Å². The van der Waals surface area contributed by atoms with Gasteiger partial charge in [0.25, 0.3) is 0 Å². The van der Waals surface area contributed by atoms with Gasteiger partial charge >= 0.3 is 6.03 Å². The number of aryl methyl sites for hydroxylation is 1. The third-order valence-corrected chi connectivity index (χ3v) is 5.10. The minimum atomic E-state index is -0.226. The van der Waals surface area contributed by atoms with Crippen LogP contribution < -0.4 is 5.32 Å². The molecule has 27 heavy (non-hydrogen) atoms. The average Bonchev–Trinajstić information content (AvgIpc) is 3.34. The molecule has 138 valence electrons. The molecule has 1 atom stereocenters. The number of nitrogens with zero attached hydrogens (tertiary/aromatic N) is 3. The maximum atomic E-state index is 12.8. The molecule has 2 aromatic carbocycles. The molecular weight excluding hydrogens is 364 g/mol. The first-order valence-corrected chi connectivity index (χ1v) is 9.22. The van der Waals surface area contributed by atoms with Crippen LogP contribution in [0.2, 0.25) is 5.02 Å². The van der Waals surface area contributed by atoms with Crippen LogP contribution in [0.5, 0.6) is 0 Å². The van der Waals surface area contributed by atoms with Crippen LogP contribution in [-0.4, -0.2) is 27.6 Å². The Kier molecular flexibility index (Phi) is 4.81. The van der Waals surface area contributed by atoms with Crippen LogP contribution in [0.3, 0.4) is 0 Å². The molecule has 2 amide bonds. The summed E-state index contributed by atoms with van der Waals surface area (Å²) in [5.74, 6) is 0.992. The molecule has 0 aliphatic carbocycles. The fourth-order valence-electron chi connectivity index (χ4n) is 3.21. The van der Waals surface area contributed by atoms with E-state index in [1.54, 1.807) is 11.0 Å². The van der Waals surface area contributed by atoms with Crippen molar-refractivity contribution in [1.82, 2.24) is 15.0 Å². The Morgan fingerprint density at radius 2 is 2.07 bits per heavy atom. The number of urea groups is 1. The fraction of sp³-hybridized carbons (Fsp3) is 0.250. The van der Waals surface area contributed by atoms with Crippen molar-refractivity contribution in [2.24, 2.45) is 0 Å². The van der Waals surface area contributed by atoms with E-state index in [4.69, 9.17) is 16.1 Å². The molecule has 1 fully saturated rings. The van der Waals surface area contributed by atoms with E-state index >= 15 is 0 Å². The van der Waals surface area contributed by atoms with Gasteiger partial charge in [-0.25, -0.2) is 4.79 Å². The van der Waals surface area contributed by atoms with Crippen LogP contribution in [-0.2, 0) is 0 Å². The molecule has 0 spiro atoms. The Morgan fingerprint density at radius 1 is 1.26 bits per heavy atom. The first kappa shape index (κ1) is 17.5. The van der Waals surface area contributed by atoms with Gasteiger partial charge in [-0.2, -0.15) is 4.98 Å². The van der Waals surface area contributed by atoms with Crippen LogP contribution in [0.25, 0.3) is 11.4 Å². The number of aromatic nitrogens is 2. The van der Waals surface area contributed by atoms with Crippen molar-refractivity contribution in [2.75, 3.05) is 11.9 Å². The third-order valence-electron chi connectivity index (χ3n) is 4.70. The number of nitrogens with one attached hydrogen (secondary N) is 1. The predicted molar refractivity (Wildman–Crippen MR) is 104 cm³/mol. The molecule has 0 saturated carbocycles. The van der Waals surface area contributed by atoms with Crippen molar-refractivity contribution >= 4 is 23.3 Å². The number of anilines is 1. The Morgan fingerprint density at radius 3 is 2.85 bits per heavy atom. The van der Waals surface area contributed by atoms with Gasteiger partial charge in [0.15, 0.2) is 0 Å². The van der Waals surface area contributed by atoms with E-state index in [2.05, 4.69) is 15.5 Å². The summed E-state index contributed by atoms with van der Waals surface area (Å²) in [5, 5.41) is 7.59. The Bertz CT molecular complexity index is 958. The van der Waals surface area contributed by atoms with E-state index in [-0.39, 0.29) is 12.1 Å². The molecule has 1 aliphatic rings. The molecule has 1 aromatic heterocycles. The SMILES string of the molecule is Cc1ccc(NC(=O)N2CCCC2c2nc(-c3ccccc3)no2)cc1Cl. The zero-order chi connectivity index (χ0) is 18.8. The number of hydrogen-bond donors (Lipinski definition) is 1. The minimum absolute atomic E-state index is 0.197. The van der Waals surface area contributed by atoms with Gasteiger partial charge in [-0.15, -0.1) is 0 Å². The third kappa shape index (κ3) is 3.66. The molecule has 6 nitrogen and oxygen atoms in total. The van der Waals surface area contributed by atoms with Crippen molar-refractivity contribution in [3.05, 3.63) is 65.0 Å². The molecule has 7 heteroatoms. The molecule has 0 radical (unpaired) electrons. The first-order chi connectivity index (χ1) is 13.1. The van der Waals surface area contributed by atoms with Crippen molar-refractivity contribution in [2.45, 2.75) is 25.8 Å². The van der Waals surface area contributed by atoms with E-state index in [9.17, 15) is 4.79 Å². The summed E-state index contributed by atoms with van der Waals surface area (Å²) < 4.78 is 5.46. The maximum absolute atomic E-state index is 12.8. The number of benzene rings is 2. The van der Waals surface area contributed by atoms with Crippen molar-refractivity contribution in [3.63, 3.8) is 0 Å². The zero-order valence-electron chi connectivity index (χ0n) is 14.9. The quantitative estimate of drug-likeness (QED) is 0.686. The molecule has 3 aromatic rings. The standard InChI is InChI=1S/C20H19ClN4O2/c1-13-9-10-15(12-16(13)21)22-20(26)25-11-5-8-17(25)19-23-18(24-27-19)14-6-3-2-4-7-14/h2-4,6-7,9-10,12,17H,5,8,11H2,1H3,(H,22,26). The lowest BCUT2D eigenvalue weighted by atomic mass is 10.2. The van der Waals surface area contributed by atoms with Gasteiger partial charge in [0.2, 0.25) is 11.7 Å². The second-order valence-corrected chi connectivity index (χ2v) is 6.97. The number of hydrogen-bond acceptors (Lipinski definition) is 4. The number of amides is 2. The Hall–Kier alpha value is -2.86. The number of likely N-dealkylation sites (tertiary alicyclic amines) is 1. The summed E-state index contributed by atoms with van der Waals surface area (Å²) in [4.78, 5) is 19.0. The van der Waals surface area contributed by atoms with Crippen LogP contribution in [0.4, 0.5) is 10.5 Å². The molecule has 1 aliphatic heterocycles. The summed E-state index contributed by atoms with van der Waals surface area (Å²) in [7, 11) is 0. The maximum Gasteiger partial charge on any atom is 0.322 e. The monoisotopic (exact) mass is 382 g/mol. The topological polar surface area (TPSA) is 71.3 Å². The van der Waals surface area contributed by atoms with Gasteiger partial charge in [0.05, 0.1) is 0 Å². The van der Waals surface area contributed by atoms with Crippen molar-refractivity contribution in [1.29, 1.82) is 0 Å². The zero-order valence-corrected chi connectivity index (χ0v) is 15.6. The second kappa shape index (κ2) is 7.40. The lowest BCUT2D eigenvalue weighted by molar-refractivity contribution is 0.193. The van der Waals surface area contributed by atoms with Gasteiger partial charge in [-0.05, 0) is 37.5 Å². The van der Waals surface area contributed by atoms with Crippen LogP contribution in [0.1, 0.15) is 30.3 Å². The normalized spacial score (nSPS) is 16.5. The van der Waals surface area contributed by atoms with Gasteiger partial charge < -0.3 is 14.7 Å². The highest BCUT2D eigenvalue weighted by Crippen LogP contribution is 2.32. The molecule has 1 N–H and O–H groups in total. The molecule has 4 rings (SSSR count). The number of carbonyl (C=O) groups is 1. The average molecular weight is 383 g/mol. The summed E-state index contributed by atoms with van der Waals surface area (Å²) >= 11 is 6.14. The van der Waals surface area contributed by atoms with Crippen LogP contribution in [0.15, 0.2) is 53.1 Å². The molecule has 0 bridgehead atoms. The summed E-state index contributed by atoms with van der Waals surface area (Å²) in [6.07, 6.45) is 1.67.